The highest BCUT2D eigenvalue weighted by Crippen LogP contribution is 2.39. The zero-order valence-corrected chi connectivity index (χ0v) is 15.6. The molecular formula is C16H20Cl3N3O2. The zero-order chi connectivity index (χ0) is 17.5. The number of pyridine rings is 1. The number of amides is 1. The molecule has 1 N–H and O–H groups in total. The highest BCUT2D eigenvalue weighted by atomic mass is 35.6. The predicted molar refractivity (Wildman–Crippen MR) is 95.6 cm³/mol. The van der Waals surface area contributed by atoms with Gasteiger partial charge in [-0.05, 0) is 18.4 Å². The van der Waals surface area contributed by atoms with E-state index in [0.717, 1.165) is 12.1 Å². The monoisotopic (exact) mass is 391 g/mol. The molecule has 3 heterocycles. The normalized spacial score (nSPS) is 25.0. The van der Waals surface area contributed by atoms with Crippen LogP contribution in [0.5, 0.6) is 0 Å². The fourth-order valence-electron chi connectivity index (χ4n) is 3.78. The van der Waals surface area contributed by atoms with Gasteiger partial charge in [-0.2, -0.15) is 0 Å². The smallest absolute Gasteiger partial charge is 0.250 e. The highest BCUT2D eigenvalue weighted by molar-refractivity contribution is 6.68. The van der Waals surface area contributed by atoms with Crippen LogP contribution < -0.4 is 10.9 Å². The Labute approximate surface area is 155 Å². The van der Waals surface area contributed by atoms with E-state index < -0.39 is 9.96 Å². The first-order chi connectivity index (χ1) is 11.3. The molecule has 0 aromatic carbocycles. The summed E-state index contributed by atoms with van der Waals surface area (Å²) in [5.41, 5.74) is 1.06. The molecule has 0 aliphatic carbocycles. The van der Waals surface area contributed by atoms with Crippen molar-refractivity contribution in [3.63, 3.8) is 0 Å². The molecule has 1 saturated heterocycles. The molecule has 1 amide bonds. The summed E-state index contributed by atoms with van der Waals surface area (Å²) in [5.74, 6) is 0.336. The molecule has 132 valence electrons. The summed E-state index contributed by atoms with van der Waals surface area (Å²) in [6.45, 7) is 3.75. The number of likely N-dealkylation sites (tertiary alicyclic amines) is 1. The van der Waals surface area contributed by atoms with Crippen molar-refractivity contribution in [2.45, 2.75) is 42.2 Å². The second kappa shape index (κ2) is 6.87. The van der Waals surface area contributed by atoms with Crippen LogP contribution in [0.15, 0.2) is 23.0 Å². The van der Waals surface area contributed by atoms with Gasteiger partial charge in [0.1, 0.15) is 6.17 Å². The summed E-state index contributed by atoms with van der Waals surface area (Å²) in [6.07, 6.45) is 0.659. The molecule has 0 unspecified atom stereocenters. The number of hydrogen-bond acceptors (Lipinski definition) is 3. The summed E-state index contributed by atoms with van der Waals surface area (Å²) < 4.78 is 0.234. The van der Waals surface area contributed by atoms with Crippen molar-refractivity contribution in [1.29, 1.82) is 0 Å². The van der Waals surface area contributed by atoms with E-state index in [1.54, 1.807) is 19.1 Å². The van der Waals surface area contributed by atoms with Crippen LogP contribution in [0.4, 0.5) is 0 Å². The molecule has 24 heavy (non-hydrogen) atoms. The van der Waals surface area contributed by atoms with Crippen LogP contribution in [0.25, 0.3) is 0 Å². The standard InChI is InChI=1S/C16H20Cl3N3O2/c1-2-13(23)20-15(16(17,18)19)21-7-10-6-11(9-21)12-4-3-5-14(24)22(12)8-10/h3-5,10-11,15H,2,6-9H2,1H3,(H,20,23)/t10-,11-,15-/m1/s1. The summed E-state index contributed by atoms with van der Waals surface area (Å²) in [6, 6.07) is 5.37. The van der Waals surface area contributed by atoms with Crippen molar-refractivity contribution in [3.8, 4) is 0 Å². The Morgan fingerprint density at radius 2 is 2.08 bits per heavy atom. The van der Waals surface area contributed by atoms with Gasteiger partial charge < -0.3 is 9.88 Å². The number of nitrogens with zero attached hydrogens (tertiary/aromatic N) is 2. The van der Waals surface area contributed by atoms with Gasteiger partial charge in [0.25, 0.3) is 5.56 Å². The molecule has 1 aromatic rings. The van der Waals surface area contributed by atoms with E-state index in [0.29, 0.717) is 32.0 Å². The number of alkyl halides is 3. The summed E-state index contributed by atoms with van der Waals surface area (Å²) >= 11 is 18.4. The fraction of sp³-hybridized carbons (Fsp3) is 0.625. The minimum absolute atomic E-state index is 0.0351. The fourth-order valence-corrected chi connectivity index (χ4v) is 4.36. The number of aromatic nitrogens is 1. The predicted octanol–water partition coefficient (Wildman–Crippen LogP) is 2.49. The van der Waals surface area contributed by atoms with Crippen molar-refractivity contribution in [1.82, 2.24) is 14.8 Å². The number of halogens is 3. The molecule has 2 aliphatic rings. The number of nitrogens with one attached hydrogen (secondary N) is 1. The van der Waals surface area contributed by atoms with Crippen LogP contribution in [-0.2, 0) is 11.3 Å². The lowest BCUT2D eigenvalue weighted by Gasteiger charge is -2.47. The number of hydrogen-bond donors (Lipinski definition) is 1. The lowest BCUT2D eigenvalue weighted by atomic mass is 9.83. The lowest BCUT2D eigenvalue weighted by molar-refractivity contribution is -0.123. The SMILES string of the molecule is CCC(=O)N[C@H](N1C[C@H]2C[C@H](C1)c1cccc(=O)n1C2)C(Cl)(Cl)Cl. The van der Waals surface area contributed by atoms with Gasteiger partial charge in [-0.15, -0.1) is 0 Å². The van der Waals surface area contributed by atoms with Crippen LogP contribution in [0.1, 0.15) is 31.4 Å². The Morgan fingerprint density at radius 1 is 1.33 bits per heavy atom. The molecular weight excluding hydrogens is 373 g/mol. The second-order valence-electron chi connectivity index (χ2n) is 6.52. The number of fused-ring (bicyclic) bond motifs is 4. The van der Waals surface area contributed by atoms with Crippen molar-refractivity contribution < 1.29 is 4.79 Å². The first-order valence-corrected chi connectivity index (χ1v) is 9.23. The number of carbonyl (C=O) groups is 1. The van der Waals surface area contributed by atoms with E-state index in [4.69, 9.17) is 34.8 Å². The summed E-state index contributed by atoms with van der Waals surface area (Å²) in [4.78, 5) is 26.0. The largest absolute Gasteiger partial charge is 0.337 e. The van der Waals surface area contributed by atoms with E-state index in [2.05, 4.69) is 5.32 Å². The molecule has 8 heteroatoms. The Morgan fingerprint density at radius 3 is 2.75 bits per heavy atom. The topological polar surface area (TPSA) is 54.3 Å². The third-order valence-electron chi connectivity index (χ3n) is 4.80. The Kier molecular flexibility index (Phi) is 5.17. The van der Waals surface area contributed by atoms with Crippen LogP contribution in [-0.4, -0.2) is 38.4 Å². The van der Waals surface area contributed by atoms with E-state index in [1.165, 1.54) is 0 Å². The Balaban J connectivity index is 1.87. The molecule has 0 saturated carbocycles. The Bertz CT molecular complexity index is 686. The van der Waals surface area contributed by atoms with E-state index in [1.807, 2.05) is 15.5 Å². The maximum Gasteiger partial charge on any atom is 0.250 e. The molecule has 1 fully saturated rings. The maximum absolute atomic E-state index is 12.1. The third-order valence-corrected chi connectivity index (χ3v) is 5.42. The van der Waals surface area contributed by atoms with E-state index in [9.17, 15) is 9.59 Å². The molecule has 2 bridgehead atoms. The zero-order valence-electron chi connectivity index (χ0n) is 13.3. The first kappa shape index (κ1) is 18.1. The number of rotatable bonds is 3. The van der Waals surface area contributed by atoms with Crippen molar-refractivity contribution >= 4 is 40.7 Å². The average molecular weight is 393 g/mol. The molecule has 0 radical (unpaired) electrons. The van der Waals surface area contributed by atoms with Crippen molar-refractivity contribution in [3.05, 3.63) is 34.2 Å². The van der Waals surface area contributed by atoms with Crippen molar-refractivity contribution in [2.24, 2.45) is 5.92 Å². The van der Waals surface area contributed by atoms with Gasteiger partial charge in [-0.25, -0.2) is 0 Å². The van der Waals surface area contributed by atoms with Crippen LogP contribution >= 0.6 is 34.8 Å². The van der Waals surface area contributed by atoms with Crippen LogP contribution in [0.3, 0.4) is 0 Å². The van der Waals surface area contributed by atoms with Gasteiger partial charge in [-0.3, -0.25) is 14.5 Å². The molecule has 5 nitrogen and oxygen atoms in total. The summed E-state index contributed by atoms with van der Waals surface area (Å²) in [5, 5.41) is 2.82. The van der Waals surface area contributed by atoms with Crippen LogP contribution in [0.2, 0.25) is 0 Å². The molecule has 0 spiro atoms. The molecule has 2 aliphatic heterocycles. The summed E-state index contributed by atoms with van der Waals surface area (Å²) in [7, 11) is 0. The average Bonchev–Trinajstić information content (AvgIpc) is 2.52. The maximum atomic E-state index is 12.1. The lowest BCUT2D eigenvalue weighted by Crippen LogP contribution is -2.60. The number of carbonyl (C=O) groups excluding carboxylic acids is 1. The molecule has 3 atom stereocenters. The first-order valence-electron chi connectivity index (χ1n) is 8.09. The van der Waals surface area contributed by atoms with E-state index >= 15 is 0 Å². The minimum atomic E-state index is -1.62. The van der Waals surface area contributed by atoms with Gasteiger partial charge in [0.15, 0.2) is 0 Å². The van der Waals surface area contributed by atoms with Gasteiger partial charge in [-0.1, -0.05) is 47.8 Å². The Hall–Kier alpha value is -0.750. The van der Waals surface area contributed by atoms with Crippen LogP contribution in [0, 0.1) is 5.92 Å². The van der Waals surface area contributed by atoms with Gasteiger partial charge in [0.05, 0.1) is 0 Å². The minimum Gasteiger partial charge on any atom is -0.337 e. The number of piperidine rings is 1. The quantitative estimate of drug-likeness (QED) is 0.804. The molecule has 3 rings (SSSR count). The third kappa shape index (κ3) is 3.59. The van der Waals surface area contributed by atoms with E-state index in [-0.39, 0.29) is 17.4 Å². The van der Waals surface area contributed by atoms with Crippen molar-refractivity contribution in [2.75, 3.05) is 13.1 Å². The highest BCUT2D eigenvalue weighted by Gasteiger charge is 2.43. The molecule has 1 aromatic heterocycles. The second-order valence-corrected chi connectivity index (χ2v) is 8.89. The van der Waals surface area contributed by atoms with Gasteiger partial charge in [0, 0.05) is 43.7 Å². The van der Waals surface area contributed by atoms with Gasteiger partial charge in [0.2, 0.25) is 9.70 Å². The van der Waals surface area contributed by atoms with Gasteiger partial charge >= 0.3 is 0 Å².